The van der Waals surface area contributed by atoms with Gasteiger partial charge in [0.2, 0.25) is 0 Å². The maximum absolute atomic E-state index is 16.1. The number of fused-ring (bicyclic) bond motifs is 3. The van der Waals surface area contributed by atoms with E-state index in [1.54, 1.807) is 0 Å². The summed E-state index contributed by atoms with van der Waals surface area (Å²) in [6.45, 7) is 0. The molecule has 3 heterocycles. The van der Waals surface area contributed by atoms with Gasteiger partial charge in [-0.1, -0.05) is 0 Å². The standard InChI is InChI=1S/C54H35F9N6O15/c1-79-32-19-35(82-4)42(45-39(32)30(22-64(45)49(70)52(55,56)57)24-7-13-27(14-8-24)67(73)74)43-36(83-5)21-34(81-3)41-38(26-11-17-29(18-12-26)69(77)78)47(66(48(41)43)51(72)54(61,62)63)44-37(84-6)20-33(80-2)40-31(25-9-15-28(16-10-25)68(75)76)23-65(46(40)44)50(71)53(58,59)60/h7-23H,1-6H3. The van der Waals surface area contributed by atoms with Crippen molar-refractivity contribution in [3.05, 3.63) is 134 Å². The molecule has 0 amide bonds. The van der Waals surface area contributed by atoms with Crippen molar-refractivity contribution in [2.24, 2.45) is 0 Å². The molecule has 0 radical (unpaired) electrons. The van der Waals surface area contributed by atoms with Gasteiger partial charge in [-0.05, 0) is 53.1 Å². The number of carbonyl (C=O) groups is 3. The highest BCUT2D eigenvalue weighted by Crippen LogP contribution is 2.59. The number of alkyl halides is 9. The third-order valence-corrected chi connectivity index (χ3v) is 13.5. The normalized spacial score (nSPS) is 11.9. The second-order valence-corrected chi connectivity index (χ2v) is 17.8. The topological polar surface area (TPSA) is 251 Å². The van der Waals surface area contributed by atoms with Crippen molar-refractivity contribution in [2.75, 3.05) is 42.7 Å². The van der Waals surface area contributed by atoms with Crippen LogP contribution in [-0.2, 0) is 0 Å². The summed E-state index contributed by atoms with van der Waals surface area (Å²) in [6.07, 6.45) is -16.5. The van der Waals surface area contributed by atoms with E-state index in [0.717, 1.165) is 134 Å². The molecular weight excluding hydrogens is 1140 g/mol. The summed E-state index contributed by atoms with van der Waals surface area (Å²) in [6, 6.07) is 14.6. The molecule has 30 heteroatoms. The summed E-state index contributed by atoms with van der Waals surface area (Å²) in [5.41, 5.74) is -10.6. The van der Waals surface area contributed by atoms with Gasteiger partial charge >= 0.3 is 36.3 Å². The highest BCUT2D eigenvalue weighted by Gasteiger charge is 2.48. The first kappa shape index (κ1) is 58.0. The molecule has 84 heavy (non-hydrogen) atoms. The van der Waals surface area contributed by atoms with Crippen LogP contribution >= 0.6 is 0 Å². The smallest absolute Gasteiger partial charge is 0.472 e. The van der Waals surface area contributed by atoms with Crippen LogP contribution in [0.25, 0.3) is 88.5 Å². The Morgan fingerprint density at radius 3 is 1.01 bits per heavy atom. The first-order valence-corrected chi connectivity index (χ1v) is 23.6. The van der Waals surface area contributed by atoms with Crippen LogP contribution in [0.1, 0.15) is 14.4 Å². The van der Waals surface area contributed by atoms with Crippen LogP contribution in [0.4, 0.5) is 56.6 Å². The number of nitrogens with zero attached hydrogens (tertiary/aromatic N) is 6. The lowest BCUT2D eigenvalue weighted by Crippen LogP contribution is -2.30. The zero-order valence-corrected chi connectivity index (χ0v) is 43.5. The van der Waals surface area contributed by atoms with Gasteiger partial charge in [0, 0.05) is 83.7 Å². The molecule has 0 saturated carbocycles. The van der Waals surface area contributed by atoms with Crippen LogP contribution in [-0.4, -0.2) is 107 Å². The number of halogens is 9. The van der Waals surface area contributed by atoms with Crippen molar-refractivity contribution >= 4 is 67.5 Å². The van der Waals surface area contributed by atoms with Gasteiger partial charge in [-0.25, -0.2) is 0 Å². The quantitative estimate of drug-likeness (QED) is 0.0557. The molecule has 0 aliphatic carbocycles. The molecule has 0 saturated heterocycles. The molecule has 0 atom stereocenters. The fourth-order valence-corrected chi connectivity index (χ4v) is 10.0. The van der Waals surface area contributed by atoms with Crippen LogP contribution in [0.2, 0.25) is 0 Å². The molecule has 0 bridgehead atoms. The highest BCUT2D eigenvalue weighted by atomic mass is 19.4. The van der Waals surface area contributed by atoms with E-state index in [1.807, 2.05) is 0 Å². The largest absolute Gasteiger partial charge is 0.496 e. The van der Waals surface area contributed by atoms with Crippen molar-refractivity contribution in [3.63, 3.8) is 0 Å². The monoisotopic (exact) mass is 1180 g/mol. The number of non-ortho nitro benzene ring substituents is 3. The molecular formula is C54H35F9N6O15. The van der Waals surface area contributed by atoms with Crippen molar-refractivity contribution in [2.45, 2.75) is 18.5 Å². The Hall–Kier alpha value is -10.7. The molecule has 0 N–H and O–H groups in total. The van der Waals surface area contributed by atoms with E-state index in [9.17, 15) is 39.9 Å². The summed E-state index contributed by atoms with van der Waals surface area (Å²) in [5, 5.41) is 33.8. The van der Waals surface area contributed by atoms with Gasteiger partial charge in [0.1, 0.15) is 34.5 Å². The van der Waals surface area contributed by atoms with E-state index in [-0.39, 0.29) is 30.4 Å². The molecule has 21 nitrogen and oxygen atoms in total. The van der Waals surface area contributed by atoms with Gasteiger partial charge in [0.25, 0.3) is 17.1 Å². The number of rotatable bonds is 14. The molecule has 6 aromatic carbocycles. The number of benzene rings is 6. The predicted octanol–water partition coefficient (Wildman–Crippen LogP) is 13.3. The molecule has 9 rings (SSSR count). The number of nitro benzene ring substituents is 3. The van der Waals surface area contributed by atoms with Gasteiger partial charge < -0.3 is 28.4 Å². The lowest BCUT2D eigenvalue weighted by atomic mass is 9.92. The van der Waals surface area contributed by atoms with Crippen LogP contribution in [0.3, 0.4) is 0 Å². The fourth-order valence-electron chi connectivity index (χ4n) is 10.0. The molecule has 434 valence electrons. The van der Waals surface area contributed by atoms with Gasteiger partial charge in [-0.15, -0.1) is 0 Å². The second kappa shape index (κ2) is 21.0. The van der Waals surface area contributed by atoms with Crippen LogP contribution in [0.15, 0.2) is 103 Å². The summed E-state index contributed by atoms with van der Waals surface area (Å²) in [4.78, 5) is 76.0. The van der Waals surface area contributed by atoms with Crippen molar-refractivity contribution in [1.29, 1.82) is 0 Å². The molecule has 0 aliphatic heterocycles. The first-order chi connectivity index (χ1) is 39.6. The highest BCUT2D eigenvalue weighted by molar-refractivity contribution is 6.25. The molecule has 9 aromatic rings. The Labute approximate surface area is 462 Å². The number of carbonyl (C=O) groups excluding carboxylic acids is 3. The SMILES string of the molecule is COc1cc(OC)c2c(-c3ccc([N+](=O)[O-])cc3)cn(C(=O)C(F)(F)F)c2c1-c1c(OC)cc(OC)c2c(-c3ccc([N+](=O)[O-])cc3)c(-c3c(OC)cc(OC)c4c(-c5ccc([N+](=O)[O-])cc5)cn(C(=O)C(F)(F)F)c34)n(C(=O)C(F)(F)F)c12. The molecule has 3 aromatic heterocycles. The molecule has 0 spiro atoms. The Morgan fingerprint density at radius 2 is 0.690 bits per heavy atom. The van der Waals surface area contributed by atoms with Gasteiger partial charge in [0.05, 0.1) is 113 Å². The average Bonchev–Trinajstić information content (AvgIpc) is 2.48. The zero-order chi connectivity index (χ0) is 61.4. The van der Waals surface area contributed by atoms with Gasteiger partial charge in [-0.3, -0.25) is 58.4 Å². The third-order valence-electron chi connectivity index (χ3n) is 13.5. The van der Waals surface area contributed by atoms with Crippen LogP contribution in [0, 0.1) is 30.3 Å². The summed E-state index contributed by atoms with van der Waals surface area (Å²) in [5.74, 6) is -11.9. The summed E-state index contributed by atoms with van der Waals surface area (Å²) < 4.78 is 173. The number of methoxy groups -OCH3 is 6. The lowest BCUT2D eigenvalue weighted by Gasteiger charge is -2.22. The molecule has 0 unspecified atom stereocenters. The van der Waals surface area contributed by atoms with E-state index in [1.165, 1.54) is 0 Å². The van der Waals surface area contributed by atoms with Crippen LogP contribution < -0.4 is 28.4 Å². The van der Waals surface area contributed by atoms with E-state index in [2.05, 4.69) is 0 Å². The maximum atomic E-state index is 16.1. The summed E-state index contributed by atoms with van der Waals surface area (Å²) >= 11 is 0. The van der Waals surface area contributed by atoms with Crippen molar-refractivity contribution in [1.82, 2.24) is 13.7 Å². The maximum Gasteiger partial charge on any atom is 0.472 e. The average molecular weight is 1180 g/mol. The minimum Gasteiger partial charge on any atom is -0.496 e. The molecule has 0 fully saturated rings. The van der Waals surface area contributed by atoms with E-state index < -0.39 is 174 Å². The summed E-state index contributed by atoms with van der Waals surface area (Å²) in [7, 11) is 5.74. The van der Waals surface area contributed by atoms with E-state index in [0.29, 0.717) is 12.4 Å². The number of hydrogen-bond donors (Lipinski definition) is 0. The lowest BCUT2D eigenvalue weighted by molar-refractivity contribution is -0.385. The minimum absolute atomic E-state index is 0.0182. The Balaban J connectivity index is 1.65. The number of nitro groups is 3. The van der Waals surface area contributed by atoms with Gasteiger partial charge in [-0.2, -0.15) is 39.5 Å². The van der Waals surface area contributed by atoms with Crippen molar-refractivity contribution < 1.29 is 97.1 Å². The van der Waals surface area contributed by atoms with Crippen molar-refractivity contribution in [3.8, 4) is 90.3 Å². The van der Waals surface area contributed by atoms with Gasteiger partial charge in [0.15, 0.2) is 0 Å². The Morgan fingerprint density at radius 1 is 0.393 bits per heavy atom. The molecule has 0 aliphatic rings. The third kappa shape index (κ3) is 9.44. The number of aromatic nitrogens is 3. The predicted molar refractivity (Wildman–Crippen MR) is 279 cm³/mol. The fraction of sp³-hybridized carbons (Fsp3) is 0.167. The Kier molecular flexibility index (Phi) is 14.5. The zero-order valence-electron chi connectivity index (χ0n) is 43.5. The van der Waals surface area contributed by atoms with E-state index >= 15 is 44.3 Å². The minimum atomic E-state index is -6.11. The van der Waals surface area contributed by atoms with E-state index in [4.69, 9.17) is 28.4 Å². The van der Waals surface area contributed by atoms with Crippen LogP contribution in [0.5, 0.6) is 34.5 Å². The Bertz CT molecular complexity index is 4260. The first-order valence-electron chi connectivity index (χ1n) is 23.6. The number of ether oxygens (including phenoxy) is 6. The number of hydrogen-bond acceptors (Lipinski definition) is 15. The second-order valence-electron chi connectivity index (χ2n) is 17.8.